The van der Waals surface area contributed by atoms with Crippen LogP contribution in [0.3, 0.4) is 0 Å². The Hall–Kier alpha value is -2.30. The van der Waals surface area contributed by atoms with Crippen LogP contribution in [0.15, 0.2) is 24.3 Å². The summed E-state index contributed by atoms with van der Waals surface area (Å²) in [7, 11) is 0. The molecule has 0 aliphatic carbocycles. The van der Waals surface area contributed by atoms with Crippen molar-refractivity contribution in [1.29, 1.82) is 0 Å². The molecule has 1 aromatic carbocycles. The van der Waals surface area contributed by atoms with Crippen molar-refractivity contribution < 1.29 is 13.9 Å². The first-order valence-corrected chi connectivity index (χ1v) is 5.22. The Morgan fingerprint density at radius 3 is 2.50 bits per heavy atom. The summed E-state index contributed by atoms with van der Waals surface area (Å²) in [6.07, 6.45) is 3.05. The average molecular weight is 248 g/mol. The minimum absolute atomic E-state index is 0.132. The lowest BCUT2D eigenvalue weighted by atomic mass is 10.2. The molecule has 18 heavy (non-hydrogen) atoms. The summed E-state index contributed by atoms with van der Waals surface area (Å²) in [6, 6.07) is 4.98. The molecular weight excluding hydrogens is 238 g/mol. The van der Waals surface area contributed by atoms with Crippen molar-refractivity contribution in [3.63, 3.8) is 0 Å². The second-order valence-corrected chi connectivity index (χ2v) is 3.73. The van der Waals surface area contributed by atoms with Gasteiger partial charge in [-0.25, -0.2) is 13.8 Å². The smallest absolute Gasteiger partial charge is 0.214 e. The molecular formula is C13H10F2N2O. The zero-order valence-corrected chi connectivity index (χ0v) is 9.56. The molecule has 2 aromatic rings. The molecule has 5 heteroatoms. The fraction of sp³-hybridized carbons (Fsp3) is 0.0769. The number of hydrogen-bond acceptors (Lipinski definition) is 3. The van der Waals surface area contributed by atoms with Crippen molar-refractivity contribution in [2.24, 2.45) is 0 Å². The molecule has 1 heterocycles. The number of halogens is 2. The summed E-state index contributed by atoms with van der Waals surface area (Å²) >= 11 is 0. The van der Waals surface area contributed by atoms with E-state index in [1.165, 1.54) is 24.3 Å². The maximum atomic E-state index is 13.0. The van der Waals surface area contributed by atoms with Gasteiger partial charge in [0.25, 0.3) is 0 Å². The van der Waals surface area contributed by atoms with Crippen LogP contribution in [0.25, 0.3) is 12.2 Å². The van der Waals surface area contributed by atoms with E-state index in [2.05, 4.69) is 9.97 Å². The molecule has 0 saturated heterocycles. The third-order valence-corrected chi connectivity index (χ3v) is 2.23. The van der Waals surface area contributed by atoms with Crippen LogP contribution < -0.4 is 0 Å². The summed E-state index contributed by atoms with van der Waals surface area (Å²) in [4.78, 5) is 7.84. The molecule has 0 unspecified atom stereocenters. The van der Waals surface area contributed by atoms with Crippen LogP contribution in [0, 0.1) is 18.6 Å². The van der Waals surface area contributed by atoms with Crippen molar-refractivity contribution in [1.82, 2.24) is 9.97 Å². The highest BCUT2D eigenvalue weighted by molar-refractivity contribution is 5.66. The first kappa shape index (κ1) is 12.2. The molecule has 0 aliphatic heterocycles. The average Bonchev–Trinajstić information content (AvgIpc) is 2.29. The van der Waals surface area contributed by atoms with Gasteiger partial charge < -0.3 is 5.11 Å². The highest BCUT2D eigenvalue weighted by Crippen LogP contribution is 2.12. The van der Waals surface area contributed by atoms with E-state index in [1.54, 1.807) is 6.92 Å². The van der Waals surface area contributed by atoms with Crippen LogP contribution in [0.5, 0.6) is 5.88 Å². The maximum Gasteiger partial charge on any atom is 0.214 e. The summed E-state index contributed by atoms with van der Waals surface area (Å²) in [6.45, 7) is 1.72. The van der Waals surface area contributed by atoms with Crippen molar-refractivity contribution >= 4 is 12.2 Å². The molecule has 0 spiro atoms. The molecule has 3 nitrogen and oxygen atoms in total. The van der Waals surface area contributed by atoms with Gasteiger partial charge >= 0.3 is 0 Å². The normalized spacial score (nSPS) is 11.1. The lowest BCUT2D eigenvalue weighted by molar-refractivity contribution is 0.450. The molecule has 2 rings (SSSR count). The molecule has 1 aromatic heterocycles. The predicted molar refractivity (Wildman–Crippen MR) is 63.7 cm³/mol. The van der Waals surface area contributed by atoms with Crippen molar-refractivity contribution in [2.75, 3.05) is 0 Å². The van der Waals surface area contributed by atoms with Gasteiger partial charge in [0.15, 0.2) is 17.5 Å². The first-order chi connectivity index (χ1) is 8.54. The Morgan fingerprint density at radius 1 is 1.06 bits per heavy atom. The Labute approximate surface area is 102 Å². The van der Waals surface area contributed by atoms with Gasteiger partial charge in [-0.15, -0.1) is 0 Å². The number of aryl methyl sites for hydroxylation is 1. The Balaban J connectivity index is 2.27. The first-order valence-electron chi connectivity index (χ1n) is 5.22. The fourth-order valence-corrected chi connectivity index (χ4v) is 1.44. The van der Waals surface area contributed by atoms with Crippen molar-refractivity contribution in [3.8, 4) is 5.88 Å². The van der Waals surface area contributed by atoms with Gasteiger partial charge in [-0.05, 0) is 30.7 Å². The van der Waals surface area contributed by atoms with E-state index < -0.39 is 11.6 Å². The Morgan fingerprint density at radius 2 is 1.83 bits per heavy atom. The largest absolute Gasteiger partial charge is 0.493 e. The molecule has 0 fully saturated rings. The molecule has 0 amide bonds. The Kier molecular flexibility index (Phi) is 3.32. The van der Waals surface area contributed by atoms with Crippen LogP contribution in [0.2, 0.25) is 0 Å². The lowest BCUT2D eigenvalue weighted by Gasteiger charge is -1.98. The second kappa shape index (κ2) is 4.91. The van der Waals surface area contributed by atoms with E-state index in [9.17, 15) is 13.9 Å². The van der Waals surface area contributed by atoms with Gasteiger partial charge in [0, 0.05) is 11.8 Å². The SMILES string of the molecule is Cc1cc(O)nc(/C=C/c2ccc(F)c(F)c2)n1. The van der Waals surface area contributed by atoms with Crippen molar-refractivity contribution in [2.45, 2.75) is 6.92 Å². The molecule has 92 valence electrons. The van der Waals surface area contributed by atoms with E-state index in [0.717, 1.165) is 12.1 Å². The van der Waals surface area contributed by atoms with E-state index >= 15 is 0 Å². The molecule has 0 saturated carbocycles. The van der Waals surface area contributed by atoms with E-state index in [1.807, 2.05) is 0 Å². The molecule has 0 radical (unpaired) electrons. The number of rotatable bonds is 2. The van der Waals surface area contributed by atoms with Crippen molar-refractivity contribution in [3.05, 3.63) is 53.0 Å². The monoisotopic (exact) mass is 248 g/mol. The fourth-order valence-electron chi connectivity index (χ4n) is 1.44. The zero-order chi connectivity index (χ0) is 13.1. The van der Waals surface area contributed by atoms with Gasteiger partial charge in [0.05, 0.1) is 0 Å². The summed E-state index contributed by atoms with van der Waals surface area (Å²) in [5.41, 5.74) is 1.10. The third kappa shape index (κ3) is 2.88. The molecule has 0 atom stereocenters. The van der Waals surface area contributed by atoms with Gasteiger partial charge in [0.1, 0.15) is 0 Å². The highest BCUT2D eigenvalue weighted by atomic mass is 19.2. The molecule has 0 aliphatic rings. The summed E-state index contributed by atoms with van der Waals surface area (Å²) in [5, 5.41) is 9.28. The Bertz CT molecular complexity index is 592. The van der Waals surface area contributed by atoms with E-state index in [0.29, 0.717) is 17.1 Å². The lowest BCUT2D eigenvalue weighted by Crippen LogP contribution is -1.90. The zero-order valence-electron chi connectivity index (χ0n) is 9.56. The molecule has 1 N–H and O–H groups in total. The summed E-state index contributed by atoms with van der Waals surface area (Å²) in [5.74, 6) is -1.63. The third-order valence-electron chi connectivity index (χ3n) is 2.23. The molecule has 0 bridgehead atoms. The van der Waals surface area contributed by atoms with Crippen LogP contribution in [-0.4, -0.2) is 15.1 Å². The quantitative estimate of drug-likeness (QED) is 0.888. The van der Waals surface area contributed by atoms with Crippen LogP contribution in [0.1, 0.15) is 17.1 Å². The minimum Gasteiger partial charge on any atom is -0.493 e. The number of aromatic hydroxyl groups is 1. The van der Waals surface area contributed by atoms with Crippen LogP contribution >= 0.6 is 0 Å². The van der Waals surface area contributed by atoms with Crippen LogP contribution in [0.4, 0.5) is 8.78 Å². The second-order valence-electron chi connectivity index (χ2n) is 3.73. The van der Waals surface area contributed by atoms with E-state index in [4.69, 9.17) is 0 Å². The number of benzene rings is 1. The van der Waals surface area contributed by atoms with Crippen LogP contribution in [-0.2, 0) is 0 Å². The van der Waals surface area contributed by atoms with Gasteiger partial charge in [-0.3, -0.25) is 0 Å². The highest BCUT2D eigenvalue weighted by Gasteiger charge is 2.01. The van der Waals surface area contributed by atoms with Gasteiger partial charge in [0.2, 0.25) is 5.88 Å². The number of nitrogens with zero attached hydrogens (tertiary/aromatic N) is 2. The van der Waals surface area contributed by atoms with E-state index in [-0.39, 0.29) is 5.88 Å². The number of aromatic nitrogens is 2. The summed E-state index contributed by atoms with van der Waals surface area (Å²) < 4.78 is 25.7. The van der Waals surface area contributed by atoms with Gasteiger partial charge in [-0.1, -0.05) is 12.1 Å². The number of hydrogen-bond donors (Lipinski definition) is 1. The minimum atomic E-state index is -0.912. The van der Waals surface area contributed by atoms with Gasteiger partial charge in [-0.2, -0.15) is 4.98 Å². The maximum absolute atomic E-state index is 13.0. The predicted octanol–water partition coefficient (Wildman–Crippen LogP) is 2.94. The topological polar surface area (TPSA) is 46.0 Å². The standard InChI is InChI=1S/C13H10F2N2O/c1-8-6-13(18)17-12(16-8)5-3-9-2-4-10(14)11(15)7-9/h2-7H,1H3,(H,16,17,18)/b5-3+.